The van der Waals surface area contributed by atoms with Crippen molar-refractivity contribution in [2.24, 2.45) is 13.0 Å². The van der Waals surface area contributed by atoms with Crippen molar-refractivity contribution in [3.05, 3.63) is 344 Å². The van der Waals surface area contributed by atoms with Crippen LogP contribution in [0.15, 0.2) is 243 Å². The lowest BCUT2D eigenvalue weighted by molar-refractivity contribution is -0.137. The highest BCUT2D eigenvalue weighted by Gasteiger charge is 2.30. The third kappa shape index (κ3) is 22.6. The van der Waals surface area contributed by atoms with E-state index >= 15 is 0 Å². The Hall–Kier alpha value is -15.3. The molecule has 0 radical (unpaired) electrons. The summed E-state index contributed by atoms with van der Waals surface area (Å²) in [6.07, 6.45) is 0.971. The summed E-state index contributed by atoms with van der Waals surface area (Å²) in [6, 6.07) is 53.7. The van der Waals surface area contributed by atoms with E-state index in [0.717, 1.165) is 45.5 Å². The summed E-state index contributed by atoms with van der Waals surface area (Å²) in [7, 11) is 3.29. The number of aromatic amines is 1. The molecule has 4 amide bonds. The molecule has 9 aromatic carbocycles. The third-order valence-corrected chi connectivity index (χ3v) is 20.1. The number of nitrogens with one attached hydrogen (secondary N) is 5. The highest BCUT2D eigenvalue weighted by Crippen LogP contribution is 2.31. The molecule has 32 nitrogen and oxygen atoms in total. The van der Waals surface area contributed by atoms with Crippen molar-refractivity contribution in [1.82, 2.24) is 74.9 Å². The highest BCUT2D eigenvalue weighted by atomic mass is 19.4. The first-order chi connectivity index (χ1) is 60.6. The van der Waals surface area contributed by atoms with Gasteiger partial charge in [0, 0.05) is 65.6 Å². The van der Waals surface area contributed by atoms with Gasteiger partial charge in [-0.05, 0) is 180 Å². The van der Waals surface area contributed by atoms with Gasteiger partial charge < -0.3 is 24.1 Å². The summed E-state index contributed by atoms with van der Waals surface area (Å²) in [4.78, 5) is 141. The molecule has 10 N–H and O–H groups in total. The quantitative estimate of drug-likeness (QED) is 0.0192. The fraction of sp³-hybridized carbons (Fsp3) is 0.207. The smallest absolute Gasteiger partial charge is 0.416 e. The van der Waals surface area contributed by atoms with Crippen LogP contribution in [0, 0.1) is 12.8 Å². The minimum atomic E-state index is -4.46. The number of aryl methyl sites for hydroxylation is 2. The monoisotopic (exact) mass is 1730 g/mol. The first-order valence-corrected chi connectivity index (χ1v) is 39.4. The number of H-pyrrole nitrogens is 1. The number of fused-ring (bicyclic) bond motifs is 5. The number of alkyl halides is 3. The first kappa shape index (κ1) is 92.4. The zero-order valence-electron chi connectivity index (χ0n) is 70.1. The second-order valence-electron chi connectivity index (χ2n) is 30.5. The van der Waals surface area contributed by atoms with E-state index in [0.29, 0.717) is 104 Å². The zero-order valence-corrected chi connectivity index (χ0v) is 70.1. The predicted molar refractivity (Wildman–Crippen MR) is 466 cm³/mol. The molecule has 654 valence electrons. The third-order valence-electron chi connectivity index (χ3n) is 20.1. The van der Waals surface area contributed by atoms with Gasteiger partial charge in [0.15, 0.2) is 11.6 Å². The summed E-state index contributed by atoms with van der Waals surface area (Å²) < 4.78 is 57.4. The number of aliphatic hydroxyl groups excluding tert-OH is 1. The predicted octanol–water partition coefficient (Wildman–Crippen LogP) is 11.7. The normalized spacial score (nSPS) is 11.2. The number of carbonyl (C=O) groups is 5. The van der Waals surface area contributed by atoms with Crippen LogP contribution in [-0.4, -0.2) is 122 Å². The molecule has 6 heterocycles. The van der Waals surface area contributed by atoms with Crippen LogP contribution in [0.3, 0.4) is 0 Å². The lowest BCUT2D eigenvalue weighted by Crippen LogP contribution is -2.25. The lowest BCUT2D eigenvalue weighted by Gasteiger charge is -2.19. The number of ether oxygens (including phenoxy) is 2. The molecule has 127 heavy (non-hydrogen) atoms. The lowest BCUT2D eigenvalue weighted by atomic mass is 9.87. The molecule has 0 spiro atoms. The molecule has 0 bridgehead atoms. The number of aliphatic hydroxyl groups is 1. The van der Waals surface area contributed by atoms with Gasteiger partial charge in [0.2, 0.25) is 0 Å². The van der Waals surface area contributed by atoms with Gasteiger partial charge in [-0.2, -0.15) is 18.3 Å². The summed E-state index contributed by atoms with van der Waals surface area (Å²) in [5.74, 6) is -0.0561. The number of carbonyl (C=O) groups excluding carboxylic acids is 5. The molecule has 15 aromatic rings. The van der Waals surface area contributed by atoms with Gasteiger partial charge >= 0.3 is 6.18 Å². The van der Waals surface area contributed by atoms with Gasteiger partial charge in [0.25, 0.3) is 51.4 Å². The molecule has 35 heteroatoms. The van der Waals surface area contributed by atoms with Gasteiger partial charge in [-0.1, -0.05) is 113 Å². The van der Waals surface area contributed by atoms with E-state index in [4.69, 9.17) is 35.4 Å². The molecular weight excluding hydrogens is 1640 g/mol. The molecule has 0 atom stereocenters. The van der Waals surface area contributed by atoms with Crippen molar-refractivity contribution in [1.29, 1.82) is 0 Å². The molecule has 0 aliphatic rings. The zero-order chi connectivity index (χ0) is 91.7. The molecule has 6 aromatic heterocycles. The Kier molecular flexibility index (Phi) is 29.7. The Balaban J connectivity index is 0.000000156. The number of hydrogen-bond donors (Lipinski definition) is 10. The van der Waals surface area contributed by atoms with Crippen LogP contribution in [-0.2, 0) is 57.8 Å². The number of rotatable bonds is 20. The average Bonchev–Trinajstić information content (AvgIpc) is 1.76. The van der Waals surface area contributed by atoms with E-state index in [1.807, 2.05) is 107 Å². The Morgan fingerprint density at radius 3 is 1.65 bits per heavy atom. The Morgan fingerprint density at radius 2 is 1.06 bits per heavy atom. The summed E-state index contributed by atoms with van der Waals surface area (Å²) in [5.41, 5.74) is 12.1. The minimum Gasteiger partial charge on any atom is -0.497 e. The van der Waals surface area contributed by atoms with Crippen LogP contribution in [0.2, 0.25) is 0 Å². The summed E-state index contributed by atoms with van der Waals surface area (Å²) in [6.45, 7) is 15.1. The van der Waals surface area contributed by atoms with Crippen molar-refractivity contribution in [2.75, 3.05) is 13.7 Å². The SMILES string of the molecule is CC(C)(C)c1cccc(OCc2nc3cc(C(=O)NO)ccc3c(=O)[nH]2)c1.CC(C)Cc1nc2cc(C(=O)NO)ccc2c(=O)n1C.CCn1nccc1-c1nc2cc(C(=O)NO)ccc2c(=O)n1Cc1ccc(C(F)(F)F)cc1.COc1cccc(Cn2ccc3ccc(C(=O)NO)cc3c2=O)c1.Cc1cccc(Cn2cnc3cc(C(=O)CO)ccc3c2=O)c1. The molecule has 0 aliphatic heterocycles. The maximum absolute atomic E-state index is 13.4. The van der Waals surface area contributed by atoms with Crippen LogP contribution in [0.5, 0.6) is 11.5 Å². The van der Waals surface area contributed by atoms with E-state index in [1.165, 1.54) is 93.7 Å². The largest absolute Gasteiger partial charge is 0.497 e. The first-order valence-electron chi connectivity index (χ1n) is 39.4. The van der Waals surface area contributed by atoms with Crippen LogP contribution in [0.25, 0.3) is 65.9 Å². The maximum atomic E-state index is 13.4. The fourth-order valence-electron chi connectivity index (χ4n) is 13.4. The molecule has 0 aliphatic carbocycles. The van der Waals surface area contributed by atoms with E-state index in [2.05, 4.69) is 50.8 Å². The number of ketones is 1. The molecular formula is C92H88F3N15O17. The Bertz CT molecular complexity index is 6980. The Morgan fingerprint density at radius 1 is 0.528 bits per heavy atom. The number of halogens is 3. The van der Waals surface area contributed by atoms with Crippen molar-refractivity contribution >= 4 is 83.8 Å². The van der Waals surface area contributed by atoms with Crippen LogP contribution in [0.1, 0.15) is 138 Å². The van der Waals surface area contributed by atoms with E-state index in [1.54, 1.807) is 93.2 Å². The molecule has 0 unspecified atom stereocenters. The van der Waals surface area contributed by atoms with Crippen molar-refractivity contribution in [2.45, 2.75) is 99.3 Å². The van der Waals surface area contributed by atoms with Crippen LogP contribution >= 0.6 is 0 Å². The highest BCUT2D eigenvalue weighted by molar-refractivity contribution is 6.01. The van der Waals surface area contributed by atoms with Crippen molar-refractivity contribution < 1.29 is 72.6 Å². The average molecular weight is 1730 g/mol. The topological polar surface area (TPSA) is 443 Å². The van der Waals surface area contributed by atoms with Crippen molar-refractivity contribution in [3.63, 3.8) is 0 Å². The molecule has 0 saturated carbocycles. The standard InChI is InChI=1S/C22H18F3N5O3.C20H21N3O4.C18H16N2O4.C18H16N2O3.C14H17N3O3/c1-2-30-18(9-10-26-30)19-27-17-11-14(20(31)28-33)5-8-16(17)21(32)29(19)12-13-3-6-15(7-4-13)22(23,24)25;1-20(2,3)13-5-4-6-14(10-13)27-11-17-21-16-9-12(18(24)23-26)7-8-15(16)19(25)22-17;1-24-15-4-2-3-12(9-15)11-20-8-7-13-5-6-14(17(21)19-23)10-16(13)18(20)22;1-12-3-2-4-13(7-12)9-20-11-19-16-8-14(17(22)10-21)5-6-15(16)18(20)23;1-8(2)6-12-15-11-7-9(13(18)16-20)4-5-10(11)14(19)17(12)3/h3-11,33H,2,12H2,1H3,(H,28,31);4-10,26H,11H2,1-3H3,(H,23,24)(H,21,22,25);2-10,23H,11H2,1H3,(H,19,21);2-8,11,21H,9-10H2,1H3;4-5,7-8,20H,6H2,1-3H3,(H,16,18). The number of Topliss-reactive ketones (excluding diaryl/α,β-unsaturated/α-hetero) is 1. The number of methoxy groups -OCH3 is 1. The summed E-state index contributed by atoms with van der Waals surface area (Å²) in [5, 5.41) is 50.8. The van der Waals surface area contributed by atoms with Gasteiger partial charge in [-0.25, -0.2) is 41.9 Å². The number of hydroxylamine groups is 4. The molecule has 0 fully saturated rings. The van der Waals surface area contributed by atoms with E-state index < -0.39 is 53.3 Å². The number of nitrogens with zero attached hydrogens (tertiary/aromatic N) is 10. The van der Waals surface area contributed by atoms with Crippen LogP contribution < -0.4 is 59.2 Å². The van der Waals surface area contributed by atoms with Gasteiger partial charge in [-0.3, -0.25) is 87.2 Å². The number of hydrogen-bond acceptors (Lipinski definition) is 22. The molecule has 0 saturated heterocycles. The molecule has 15 rings (SSSR count). The van der Waals surface area contributed by atoms with Crippen molar-refractivity contribution in [3.8, 4) is 23.0 Å². The second-order valence-corrected chi connectivity index (χ2v) is 30.5. The number of benzene rings is 9. The number of amides is 4. The van der Waals surface area contributed by atoms with Gasteiger partial charge in [-0.15, -0.1) is 0 Å². The summed E-state index contributed by atoms with van der Waals surface area (Å²) >= 11 is 0. The second kappa shape index (κ2) is 40.8. The fourth-order valence-corrected chi connectivity index (χ4v) is 13.4. The number of aromatic nitrogens is 11. The minimum absolute atomic E-state index is 0.00143. The van der Waals surface area contributed by atoms with E-state index in [-0.39, 0.29) is 79.8 Å². The number of pyridine rings is 1. The van der Waals surface area contributed by atoms with Gasteiger partial charge in [0.1, 0.15) is 42.1 Å². The Labute approximate surface area is 720 Å². The van der Waals surface area contributed by atoms with Gasteiger partial charge in [0.05, 0.1) is 82.2 Å². The maximum Gasteiger partial charge on any atom is 0.416 e. The van der Waals surface area contributed by atoms with Crippen LogP contribution in [0.4, 0.5) is 13.2 Å². The van der Waals surface area contributed by atoms with E-state index in [9.17, 15) is 61.1 Å².